The van der Waals surface area contributed by atoms with Gasteiger partial charge in [0.25, 0.3) is 0 Å². The topological polar surface area (TPSA) is 244 Å². The molecule has 0 aliphatic carbocycles. The molecular formula is C19H33N7O7S. The lowest BCUT2D eigenvalue weighted by Gasteiger charge is -2.29. The largest absolute Gasteiger partial charge is 0.481 e. The second kappa shape index (κ2) is 14.2. The molecule has 192 valence electrons. The summed E-state index contributed by atoms with van der Waals surface area (Å²) in [6.45, 7) is 0.443. The molecule has 1 aliphatic rings. The first kappa shape index (κ1) is 29.0. The van der Waals surface area contributed by atoms with E-state index in [9.17, 15) is 29.1 Å². The summed E-state index contributed by atoms with van der Waals surface area (Å²) >= 11 is 4.10. The lowest BCUT2D eigenvalue weighted by molar-refractivity contribution is -0.145. The van der Waals surface area contributed by atoms with E-state index in [-0.39, 0.29) is 44.1 Å². The Morgan fingerprint density at radius 3 is 2.32 bits per heavy atom. The van der Waals surface area contributed by atoms with Crippen molar-refractivity contribution in [2.45, 2.75) is 62.7 Å². The van der Waals surface area contributed by atoms with E-state index in [2.05, 4.69) is 28.3 Å². The molecule has 3 amide bonds. The van der Waals surface area contributed by atoms with Gasteiger partial charge in [0.1, 0.15) is 18.1 Å². The number of hydrogen-bond donors (Lipinski definition) is 8. The number of amides is 3. The van der Waals surface area contributed by atoms with E-state index in [1.807, 2.05) is 0 Å². The highest BCUT2D eigenvalue weighted by atomic mass is 32.1. The van der Waals surface area contributed by atoms with Gasteiger partial charge in [-0.2, -0.15) is 12.6 Å². The van der Waals surface area contributed by atoms with Gasteiger partial charge >= 0.3 is 11.9 Å². The van der Waals surface area contributed by atoms with Crippen molar-refractivity contribution in [2.75, 3.05) is 18.8 Å². The summed E-state index contributed by atoms with van der Waals surface area (Å²) in [7, 11) is 0. The Kier molecular flexibility index (Phi) is 12.1. The second-order valence-electron chi connectivity index (χ2n) is 7.82. The zero-order valence-corrected chi connectivity index (χ0v) is 19.6. The molecule has 0 aromatic carbocycles. The van der Waals surface area contributed by atoms with E-state index >= 15 is 0 Å². The zero-order chi connectivity index (χ0) is 25.8. The molecule has 0 bridgehead atoms. The fraction of sp³-hybridized carbons (Fsp3) is 0.684. The summed E-state index contributed by atoms with van der Waals surface area (Å²) in [6, 6.07) is -4.31. The zero-order valence-electron chi connectivity index (χ0n) is 18.7. The Morgan fingerprint density at radius 1 is 1.09 bits per heavy atom. The number of carbonyl (C=O) groups is 5. The Labute approximate surface area is 202 Å². The van der Waals surface area contributed by atoms with Gasteiger partial charge in [0.2, 0.25) is 17.7 Å². The molecule has 0 aromatic rings. The number of rotatable bonds is 14. The van der Waals surface area contributed by atoms with Crippen molar-refractivity contribution in [2.24, 2.45) is 22.2 Å². The molecule has 10 N–H and O–H groups in total. The Bertz CT molecular complexity index is 791. The first-order valence-corrected chi connectivity index (χ1v) is 11.4. The maximum absolute atomic E-state index is 13.0. The van der Waals surface area contributed by atoms with Gasteiger partial charge in [-0.1, -0.05) is 0 Å². The van der Waals surface area contributed by atoms with Gasteiger partial charge in [-0.15, -0.1) is 0 Å². The maximum Gasteiger partial charge on any atom is 0.326 e. The van der Waals surface area contributed by atoms with Crippen LogP contribution in [0.25, 0.3) is 0 Å². The van der Waals surface area contributed by atoms with Crippen molar-refractivity contribution in [3.05, 3.63) is 0 Å². The number of carbonyl (C=O) groups excluding carboxylic acids is 3. The van der Waals surface area contributed by atoms with Crippen LogP contribution in [0, 0.1) is 0 Å². The Hall–Kier alpha value is -3.07. The van der Waals surface area contributed by atoms with Crippen LogP contribution in [0.1, 0.15) is 38.5 Å². The fourth-order valence-electron chi connectivity index (χ4n) is 3.41. The number of thiol groups is 1. The van der Waals surface area contributed by atoms with Gasteiger partial charge in [0, 0.05) is 25.3 Å². The molecule has 15 heteroatoms. The van der Waals surface area contributed by atoms with Crippen LogP contribution >= 0.6 is 12.6 Å². The average molecular weight is 504 g/mol. The van der Waals surface area contributed by atoms with E-state index in [1.54, 1.807) is 0 Å². The third kappa shape index (κ3) is 9.43. The molecule has 14 nitrogen and oxygen atoms in total. The number of aliphatic carboxylic acids is 2. The van der Waals surface area contributed by atoms with Crippen molar-refractivity contribution in [3.63, 3.8) is 0 Å². The van der Waals surface area contributed by atoms with E-state index in [4.69, 9.17) is 22.3 Å². The van der Waals surface area contributed by atoms with Crippen LogP contribution in [-0.4, -0.2) is 93.7 Å². The number of aliphatic imine (C=N–C) groups is 1. The van der Waals surface area contributed by atoms with Crippen LogP contribution in [-0.2, 0) is 24.0 Å². The van der Waals surface area contributed by atoms with Crippen LogP contribution in [0.15, 0.2) is 4.99 Å². The summed E-state index contributed by atoms with van der Waals surface area (Å²) in [5.74, 6) is -4.43. The third-order valence-electron chi connectivity index (χ3n) is 5.20. The van der Waals surface area contributed by atoms with Crippen molar-refractivity contribution in [1.82, 2.24) is 15.5 Å². The molecule has 0 radical (unpaired) electrons. The smallest absolute Gasteiger partial charge is 0.326 e. The number of nitrogens with zero attached hydrogens (tertiary/aromatic N) is 2. The summed E-state index contributed by atoms with van der Waals surface area (Å²) in [4.78, 5) is 65.3. The van der Waals surface area contributed by atoms with Gasteiger partial charge in [0.15, 0.2) is 5.96 Å². The molecule has 1 aliphatic heterocycles. The van der Waals surface area contributed by atoms with Crippen LogP contribution in [0.2, 0.25) is 0 Å². The normalized spacial score (nSPS) is 17.8. The van der Waals surface area contributed by atoms with Crippen LogP contribution < -0.4 is 27.8 Å². The number of likely N-dealkylation sites (tertiary alicyclic amines) is 1. The Balaban J connectivity index is 2.76. The second-order valence-corrected chi connectivity index (χ2v) is 8.19. The van der Waals surface area contributed by atoms with Gasteiger partial charge in [-0.3, -0.25) is 24.2 Å². The molecule has 34 heavy (non-hydrogen) atoms. The molecule has 1 rings (SSSR count). The van der Waals surface area contributed by atoms with Gasteiger partial charge < -0.3 is 42.9 Å². The number of guanidine groups is 1. The summed E-state index contributed by atoms with van der Waals surface area (Å²) < 4.78 is 0. The number of nitrogens with two attached hydrogens (primary N) is 3. The van der Waals surface area contributed by atoms with E-state index < -0.39 is 53.8 Å². The molecule has 4 atom stereocenters. The lowest BCUT2D eigenvalue weighted by Crippen LogP contribution is -2.57. The predicted octanol–water partition coefficient (Wildman–Crippen LogP) is -2.79. The average Bonchev–Trinajstić information content (AvgIpc) is 3.26. The van der Waals surface area contributed by atoms with Crippen molar-refractivity contribution < 1.29 is 34.2 Å². The molecule has 1 fully saturated rings. The molecule has 0 spiro atoms. The van der Waals surface area contributed by atoms with Crippen molar-refractivity contribution >= 4 is 48.2 Å². The Morgan fingerprint density at radius 2 is 1.76 bits per heavy atom. The molecule has 1 heterocycles. The maximum atomic E-state index is 13.0. The molecule has 1 saturated heterocycles. The summed E-state index contributed by atoms with van der Waals surface area (Å²) in [6.07, 6.45) is 0.823. The number of hydrogen-bond acceptors (Lipinski definition) is 8. The quantitative estimate of drug-likeness (QED) is 0.0524. The summed E-state index contributed by atoms with van der Waals surface area (Å²) in [5.41, 5.74) is 16.1. The number of carboxylic acids is 2. The summed E-state index contributed by atoms with van der Waals surface area (Å²) in [5, 5.41) is 23.0. The number of nitrogens with one attached hydrogen (secondary N) is 2. The van der Waals surface area contributed by atoms with E-state index in [0.29, 0.717) is 19.3 Å². The molecule has 0 aromatic heterocycles. The highest BCUT2D eigenvalue weighted by molar-refractivity contribution is 7.80. The van der Waals surface area contributed by atoms with Crippen molar-refractivity contribution in [3.8, 4) is 0 Å². The van der Waals surface area contributed by atoms with Gasteiger partial charge in [-0.05, 0) is 32.1 Å². The third-order valence-corrected chi connectivity index (χ3v) is 5.57. The lowest BCUT2D eigenvalue weighted by atomic mass is 10.1. The minimum absolute atomic E-state index is 0.0798. The van der Waals surface area contributed by atoms with Crippen molar-refractivity contribution in [1.29, 1.82) is 0 Å². The highest BCUT2D eigenvalue weighted by Crippen LogP contribution is 2.19. The first-order valence-electron chi connectivity index (χ1n) is 10.8. The van der Waals surface area contributed by atoms with Gasteiger partial charge in [-0.25, -0.2) is 4.79 Å². The van der Waals surface area contributed by atoms with Crippen LogP contribution in [0.3, 0.4) is 0 Å². The SMILES string of the molecule is NC(N)=NCCCC(NC(=O)C1CCCN1C(=O)C(CS)NC(=O)C(N)CCC(=O)O)C(=O)O. The first-order chi connectivity index (χ1) is 16.0. The molecule has 0 saturated carbocycles. The van der Waals surface area contributed by atoms with Crippen LogP contribution in [0.4, 0.5) is 0 Å². The standard InChI is InChI=1S/C19H33N7O7S/c20-10(5-6-14(27)28)15(29)25-12(9-34)17(31)26-8-2-4-13(26)16(30)24-11(18(32)33)3-1-7-23-19(21)22/h10-13,34H,1-9,20H2,(H,24,30)(H,25,29)(H,27,28)(H,32,33)(H4,21,22,23). The van der Waals surface area contributed by atoms with Gasteiger partial charge in [0.05, 0.1) is 6.04 Å². The van der Waals surface area contributed by atoms with Crippen LogP contribution in [0.5, 0.6) is 0 Å². The monoisotopic (exact) mass is 503 g/mol. The van der Waals surface area contributed by atoms with E-state index in [1.165, 1.54) is 4.90 Å². The van der Waals surface area contributed by atoms with E-state index in [0.717, 1.165) is 0 Å². The fourth-order valence-corrected chi connectivity index (χ4v) is 3.65. The highest BCUT2D eigenvalue weighted by Gasteiger charge is 2.38. The molecular weight excluding hydrogens is 470 g/mol. The predicted molar refractivity (Wildman–Crippen MR) is 125 cm³/mol. The minimum Gasteiger partial charge on any atom is -0.481 e. The number of carboxylic acid groups (broad SMARTS) is 2. The minimum atomic E-state index is -1.23. The molecule has 4 unspecified atom stereocenters.